The fourth-order valence-corrected chi connectivity index (χ4v) is 2.20. The summed E-state index contributed by atoms with van der Waals surface area (Å²) in [5.74, 6) is -0.390. The summed E-state index contributed by atoms with van der Waals surface area (Å²) >= 11 is 6.05. The molecule has 0 saturated heterocycles. The van der Waals surface area contributed by atoms with Crippen molar-refractivity contribution in [2.75, 3.05) is 6.54 Å². The van der Waals surface area contributed by atoms with Crippen LogP contribution in [0.5, 0.6) is 0 Å². The monoisotopic (exact) mass is 325 g/mol. The molecule has 2 aromatic rings. The van der Waals surface area contributed by atoms with Gasteiger partial charge in [-0.25, -0.2) is 4.98 Å². The summed E-state index contributed by atoms with van der Waals surface area (Å²) in [5.41, 5.74) is 1.18. The molecule has 0 aromatic carbocycles. The number of carbonyl (C=O) groups is 1. The normalized spacial score (nSPS) is 9.70. The highest BCUT2D eigenvalue weighted by Gasteiger charge is 2.20. The molecule has 6 nitrogen and oxygen atoms in total. The van der Waals surface area contributed by atoms with Crippen molar-refractivity contribution in [3.63, 3.8) is 0 Å². The predicted molar refractivity (Wildman–Crippen MR) is 83.2 cm³/mol. The number of hydrogen-bond donors (Lipinski definition) is 0. The predicted octanol–water partition coefficient (Wildman–Crippen LogP) is 2.56. The first-order chi connectivity index (χ1) is 11.2. The summed E-state index contributed by atoms with van der Waals surface area (Å²) in [6, 6.07) is 8.94. The van der Waals surface area contributed by atoms with Crippen molar-refractivity contribution < 1.29 is 4.79 Å². The van der Waals surface area contributed by atoms with E-state index in [9.17, 15) is 4.79 Å². The highest BCUT2D eigenvalue weighted by atomic mass is 35.5. The lowest BCUT2D eigenvalue weighted by Gasteiger charge is -2.21. The van der Waals surface area contributed by atoms with Crippen LogP contribution in [0.4, 0.5) is 0 Å². The van der Waals surface area contributed by atoms with Crippen molar-refractivity contribution in [3.8, 4) is 12.1 Å². The van der Waals surface area contributed by atoms with Crippen molar-refractivity contribution in [3.05, 3.63) is 58.6 Å². The number of hydrogen-bond acceptors (Lipinski definition) is 5. The molecule has 0 spiro atoms. The van der Waals surface area contributed by atoms with Gasteiger partial charge in [-0.2, -0.15) is 10.5 Å². The Bertz CT molecular complexity index is 779. The summed E-state index contributed by atoms with van der Waals surface area (Å²) < 4.78 is 0. The number of amides is 1. The van der Waals surface area contributed by atoms with Crippen LogP contribution in [0.3, 0.4) is 0 Å². The van der Waals surface area contributed by atoms with E-state index in [2.05, 4.69) is 9.97 Å². The highest BCUT2D eigenvalue weighted by Crippen LogP contribution is 2.18. The molecule has 0 saturated carbocycles. The van der Waals surface area contributed by atoms with E-state index in [1.165, 1.54) is 17.2 Å². The second-order valence-corrected chi connectivity index (χ2v) is 5.07. The van der Waals surface area contributed by atoms with Crippen LogP contribution in [-0.2, 0) is 6.54 Å². The SMILES string of the molecule is N#CCCN(Cc1cccnc1)C(=O)c1ncc(C#N)cc1Cl. The molecule has 1 amide bonds. The molecule has 0 atom stereocenters. The Hall–Kier alpha value is -2.96. The molecule has 0 bridgehead atoms. The minimum absolute atomic E-state index is 0.0625. The molecule has 0 fully saturated rings. The Balaban J connectivity index is 2.26. The van der Waals surface area contributed by atoms with Crippen LogP contribution in [0, 0.1) is 22.7 Å². The highest BCUT2D eigenvalue weighted by molar-refractivity contribution is 6.33. The summed E-state index contributed by atoms with van der Waals surface area (Å²) in [4.78, 5) is 22.1. The lowest BCUT2D eigenvalue weighted by molar-refractivity contribution is 0.0741. The van der Waals surface area contributed by atoms with Gasteiger partial charge in [-0.15, -0.1) is 0 Å². The Morgan fingerprint density at radius 2 is 2.17 bits per heavy atom. The lowest BCUT2D eigenvalue weighted by atomic mass is 10.2. The van der Waals surface area contributed by atoms with Gasteiger partial charge < -0.3 is 4.90 Å². The number of nitrogens with zero attached hydrogens (tertiary/aromatic N) is 5. The molecule has 0 aliphatic heterocycles. The number of nitriles is 2. The van der Waals surface area contributed by atoms with E-state index >= 15 is 0 Å². The van der Waals surface area contributed by atoms with Crippen LogP contribution >= 0.6 is 11.6 Å². The molecule has 7 heteroatoms. The first-order valence-electron chi connectivity index (χ1n) is 6.76. The Morgan fingerprint density at radius 1 is 1.35 bits per heavy atom. The molecule has 0 unspecified atom stereocenters. The number of carbonyl (C=O) groups excluding carboxylic acids is 1. The number of pyridine rings is 2. The van der Waals surface area contributed by atoms with E-state index < -0.39 is 5.91 Å². The van der Waals surface area contributed by atoms with Crippen molar-refractivity contribution in [2.24, 2.45) is 0 Å². The number of halogens is 1. The third kappa shape index (κ3) is 4.26. The molecule has 2 aromatic heterocycles. The van der Waals surface area contributed by atoms with Crippen molar-refractivity contribution >= 4 is 17.5 Å². The molecule has 2 rings (SSSR count). The Labute approximate surface area is 138 Å². The van der Waals surface area contributed by atoms with E-state index in [0.29, 0.717) is 6.54 Å². The number of aromatic nitrogens is 2. The molecule has 2 heterocycles. The molecular formula is C16H12ClN5O. The first-order valence-corrected chi connectivity index (χ1v) is 7.14. The smallest absolute Gasteiger partial charge is 0.274 e. The maximum atomic E-state index is 12.6. The lowest BCUT2D eigenvalue weighted by Crippen LogP contribution is -2.32. The van der Waals surface area contributed by atoms with Gasteiger partial charge in [0.05, 0.1) is 23.1 Å². The average molecular weight is 326 g/mol. The van der Waals surface area contributed by atoms with Gasteiger partial charge in [0.15, 0.2) is 0 Å². The zero-order valence-electron chi connectivity index (χ0n) is 12.1. The van der Waals surface area contributed by atoms with Gasteiger partial charge in [-0.3, -0.25) is 9.78 Å². The molecule has 114 valence electrons. The Morgan fingerprint density at radius 3 is 2.78 bits per heavy atom. The minimum Gasteiger partial charge on any atom is -0.332 e. The van der Waals surface area contributed by atoms with Crippen LogP contribution in [-0.4, -0.2) is 27.3 Å². The summed E-state index contributed by atoms with van der Waals surface area (Å²) in [6.07, 6.45) is 4.79. The molecule has 23 heavy (non-hydrogen) atoms. The van der Waals surface area contributed by atoms with Gasteiger partial charge in [0.1, 0.15) is 11.8 Å². The van der Waals surface area contributed by atoms with Crippen molar-refractivity contribution in [2.45, 2.75) is 13.0 Å². The topological polar surface area (TPSA) is 93.7 Å². The fraction of sp³-hybridized carbons (Fsp3) is 0.188. The van der Waals surface area contributed by atoms with Crippen LogP contribution < -0.4 is 0 Å². The molecule has 0 aliphatic rings. The van der Waals surface area contributed by atoms with Crippen LogP contribution in [0.25, 0.3) is 0 Å². The average Bonchev–Trinajstić information content (AvgIpc) is 2.58. The van der Waals surface area contributed by atoms with Gasteiger partial charge in [-0.1, -0.05) is 17.7 Å². The van der Waals surface area contributed by atoms with Crippen LogP contribution in [0.2, 0.25) is 5.02 Å². The molecule has 0 aliphatic carbocycles. The summed E-state index contributed by atoms with van der Waals surface area (Å²) in [6.45, 7) is 0.550. The summed E-state index contributed by atoms with van der Waals surface area (Å²) in [7, 11) is 0. The second-order valence-electron chi connectivity index (χ2n) is 4.66. The quantitative estimate of drug-likeness (QED) is 0.842. The van der Waals surface area contributed by atoms with Crippen molar-refractivity contribution in [1.29, 1.82) is 10.5 Å². The van der Waals surface area contributed by atoms with E-state index in [0.717, 1.165) is 5.56 Å². The second kappa shape index (κ2) is 7.88. The third-order valence-electron chi connectivity index (χ3n) is 3.05. The Kier molecular flexibility index (Phi) is 5.62. The largest absolute Gasteiger partial charge is 0.332 e. The van der Waals surface area contributed by atoms with Gasteiger partial charge in [0, 0.05) is 31.7 Å². The number of rotatable bonds is 5. The van der Waals surface area contributed by atoms with Crippen LogP contribution in [0.15, 0.2) is 36.8 Å². The maximum Gasteiger partial charge on any atom is 0.274 e. The van der Waals surface area contributed by atoms with E-state index in [-0.39, 0.29) is 29.2 Å². The molecule has 0 N–H and O–H groups in total. The third-order valence-corrected chi connectivity index (χ3v) is 3.34. The van der Waals surface area contributed by atoms with Gasteiger partial charge >= 0.3 is 0 Å². The van der Waals surface area contributed by atoms with Crippen molar-refractivity contribution in [1.82, 2.24) is 14.9 Å². The molecule has 0 radical (unpaired) electrons. The summed E-state index contributed by atoms with van der Waals surface area (Å²) in [5, 5.41) is 17.7. The first kappa shape index (κ1) is 16.4. The van der Waals surface area contributed by atoms with Crippen LogP contribution in [0.1, 0.15) is 28.0 Å². The zero-order chi connectivity index (χ0) is 16.7. The van der Waals surface area contributed by atoms with Gasteiger partial charge in [0.2, 0.25) is 0 Å². The van der Waals surface area contributed by atoms with Gasteiger partial charge in [0.25, 0.3) is 5.91 Å². The fourth-order valence-electron chi connectivity index (χ4n) is 1.96. The van der Waals surface area contributed by atoms with Gasteiger partial charge in [-0.05, 0) is 17.7 Å². The zero-order valence-corrected chi connectivity index (χ0v) is 12.9. The van der Waals surface area contributed by atoms with E-state index in [4.69, 9.17) is 22.1 Å². The maximum absolute atomic E-state index is 12.6. The minimum atomic E-state index is -0.390. The standard InChI is InChI=1S/C16H12ClN5O/c17-14-7-13(8-19)10-21-15(14)16(23)22(6-2-4-18)11-12-3-1-5-20-9-12/h1,3,5,7,9-10H,2,6,11H2. The molecular weight excluding hydrogens is 314 g/mol. The van der Waals surface area contributed by atoms with E-state index in [1.807, 2.05) is 18.2 Å². The van der Waals surface area contributed by atoms with E-state index in [1.54, 1.807) is 18.5 Å².